The molecule has 1 aliphatic heterocycles. The highest BCUT2D eigenvalue weighted by molar-refractivity contribution is 5.94. The monoisotopic (exact) mass is 262 g/mol. The Balaban J connectivity index is 1.91. The van der Waals surface area contributed by atoms with Crippen LogP contribution in [0.2, 0.25) is 0 Å². The van der Waals surface area contributed by atoms with Crippen LogP contribution in [-0.2, 0) is 16.0 Å². The van der Waals surface area contributed by atoms with Gasteiger partial charge in [0, 0.05) is 18.8 Å². The number of rotatable bonds is 4. The molecule has 4 heteroatoms. The molecule has 1 heterocycles. The molecule has 2 rings (SSSR count). The highest BCUT2D eigenvalue weighted by Crippen LogP contribution is 2.12. The molecule has 1 N–H and O–H groups in total. The van der Waals surface area contributed by atoms with Gasteiger partial charge in [-0.05, 0) is 31.0 Å². The first-order valence-electron chi connectivity index (χ1n) is 6.92. The average Bonchev–Trinajstić information content (AvgIpc) is 2.48. The fraction of sp³-hybridized carbons (Fsp3) is 0.533. The lowest BCUT2D eigenvalue weighted by atomic mass is 10.1. The fourth-order valence-electron chi connectivity index (χ4n) is 2.20. The molecule has 0 aromatic heterocycles. The summed E-state index contributed by atoms with van der Waals surface area (Å²) < 4.78 is 5.30. The van der Waals surface area contributed by atoms with E-state index in [1.807, 2.05) is 19.1 Å². The molecule has 4 nitrogen and oxygen atoms in total. The van der Waals surface area contributed by atoms with E-state index in [1.54, 1.807) is 0 Å². The Morgan fingerprint density at radius 2 is 1.95 bits per heavy atom. The van der Waals surface area contributed by atoms with Gasteiger partial charge in [0.1, 0.15) is 0 Å². The molecule has 0 bridgehead atoms. The first-order valence-corrected chi connectivity index (χ1v) is 6.92. The smallest absolute Gasteiger partial charge is 0.241 e. The third-order valence-electron chi connectivity index (χ3n) is 3.60. The lowest BCUT2D eigenvalue weighted by Gasteiger charge is -2.31. The predicted octanol–water partition coefficient (Wildman–Crippen LogP) is 1.91. The van der Waals surface area contributed by atoms with Gasteiger partial charge in [0.2, 0.25) is 5.91 Å². The number of morpholine rings is 1. The van der Waals surface area contributed by atoms with Crippen LogP contribution in [0.25, 0.3) is 0 Å². The van der Waals surface area contributed by atoms with E-state index >= 15 is 0 Å². The average molecular weight is 262 g/mol. The van der Waals surface area contributed by atoms with Crippen LogP contribution in [0, 0.1) is 0 Å². The predicted molar refractivity (Wildman–Crippen MR) is 76.3 cm³/mol. The maximum atomic E-state index is 12.2. The topological polar surface area (TPSA) is 41.6 Å². The van der Waals surface area contributed by atoms with E-state index in [0.29, 0.717) is 13.2 Å². The standard InChI is InChI=1S/C15H22N2O2/c1-3-13-4-6-14(7-5-13)16-15(18)12(2)17-8-10-19-11-9-17/h4-7,12H,3,8-11H2,1-2H3,(H,16,18)/t12-/m0/s1. The first kappa shape index (κ1) is 14.0. The van der Waals surface area contributed by atoms with Gasteiger partial charge in [-0.2, -0.15) is 0 Å². The number of hydrogen-bond acceptors (Lipinski definition) is 3. The lowest BCUT2D eigenvalue weighted by Crippen LogP contribution is -2.47. The summed E-state index contributed by atoms with van der Waals surface area (Å²) in [4.78, 5) is 14.3. The maximum Gasteiger partial charge on any atom is 0.241 e. The number of carbonyl (C=O) groups is 1. The Morgan fingerprint density at radius 1 is 1.32 bits per heavy atom. The van der Waals surface area contributed by atoms with Crippen molar-refractivity contribution in [3.8, 4) is 0 Å². The molecule has 19 heavy (non-hydrogen) atoms. The minimum absolute atomic E-state index is 0.0474. The number of amides is 1. The summed E-state index contributed by atoms with van der Waals surface area (Å²) in [6.07, 6.45) is 1.01. The van der Waals surface area contributed by atoms with Crippen LogP contribution in [-0.4, -0.2) is 43.2 Å². The van der Waals surface area contributed by atoms with Crippen LogP contribution >= 0.6 is 0 Å². The Hall–Kier alpha value is -1.39. The van der Waals surface area contributed by atoms with Crippen molar-refractivity contribution in [1.29, 1.82) is 0 Å². The maximum absolute atomic E-state index is 12.2. The molecule has 1 amide bonds. The number of aryl methyl sites for hydroxylation is 1. The molecule has 0 unspecified atom stereocenters. The van der Waals surface area contributed by atoms with Crippen molar-refractivity contribution in [3.05, 3.63) is 29.8 Å². The molecule has 0 spiro atoms. The van der Waals surface area contributed by atoms with Crippen molar-refractivity contribution in [3.63, 3.8) is 0 Å². The van der Waals surface area contributed by atoms with Crippen molar-refractivity contribution in [2.75, 3.05) is 31.6 Å². The molecule has 0 saturated carbocycles. The molecular formula is C15H22N2O2. The molecule has 1 aromatic rings. The molecule has 1 atom stereocenters. The van der Waals surface area contributed by atoms with Gasteiger partial charge < -0.3 is 10.1 Å². The van der Waals surface area contributed by atoms with Gasteiger partial charge in [0.15, 0.2) is 0 Å². The van der Waals surface area contributed by atoms with Crippen LogP contribution in [0.3, 0.4) is 0 Å². The Labute approximate surface area is 114 Å². The number of benzene rings is 1. The number of nitrogens with zero attached hydrogens (tertiary/aromatic N) is 1. The van der Waals surface area contributed by atoms with E-state index in [9.17, 15) is 4.79 Å². The zero-order valence-corrected chi connectivity index (χ0v) is 11.7. The van der Waals surface area contributed by atoms with Crippen LogP contribution < -0.4 is 5.32 Å². The van der Waals surface area contributed by atoms with E-state index in [4.69, 9.17) is 4.74 Å². The minimum atomic E-state index is -0.116. The highest BCUT2D eigenvalue weighted by atomic mass is 16.5. The molecule has 104 valence electrons. The van der Waals surface area contributed by atoms with Gasteiger partial charge in [0.25, 0.3) is 0 Å². The van der Waals surface area contributed by atoms with Gasteiger partial charge in [0.05, 0.1) is 19.3 Å². The zero-order valence-electron chi connectivity index (χ0n) is 11.7. The second kappa shape index (κ2) is 6.68. The molecule has 1 fully saturated rings. The minimum Gasteiger partial charge on any atom is -0.379 e. The quantitative estimate of drug-likeness (QED) is 0.901. The number of nitrogens with one attached hydrogen (secondary N) is 1. The highest BCUT2D eigenvalue weighted by Gasteiger charge is 2.22. The zero-order chi connectivity index (χ0) is 13.7. The number of carbonyl (C=O) groups excluding carboxylic acids is 1. The van der Waals surface area contributed by atoms with E-state index in [-0.39, 0.29) is 11.9 Å². The lowest BCUT2D eigenvalue weighted by molar-refractivity contribution is -0.122. The summed E-state index contributed by atoms with van der Waals surface area (Å²) in [6.45, 7) is 7.13. The van der Waals surface area contributed by atoms with E-state index in [2.05, 4.69) is 29.3 Å². The molecule has 1 saturated heterocycles. The molecule has 0 aliphatic carbocycles. The number of ether oxygens (including phenoxy) is 1. The Bertz CT molecular complexity index is 411. The van der Waals surface area contributed by atoms with Crippen molar-refractivity contribution in [2.24, 2.45) is 0 Å². The second-order valence-electron chi connectivity index (χ2n) is 4.86. The summed E-state index contributed by atoms with van der Waals surface area (Å²) in [5.74, 6) is 0.0474. The van der Waals surface area contributed by atoms with E-state index < -0.39 is 0 Å². The third kappa shape index (κ3) is 3.78. The summed E-state index contributed by atoms with van der Waals surface area (Å²) in [6, 6.07) is 7.91. The summed E-state index contributed by atoms with van der Waals surface area (Å²) >= 11 is 0. The third-order valence-corrected chi connectivity index (χ3v) is 3.60. The SMILES string of the molecule is CCc1ccc(NC(=O)[C@H](C)N2CCOCC2)cc1. The largest absolute Gasteiger partial charge is 0.379 e. The van der Waals surface area contributed by atoms with Crippen molar-refractivity contribution in [1.82, 2.24) is 4.90 Å². The van der Waals surface area contributed by atoms with Crippen LogP contribution in [0.5, 0.6) is 0 Å². The van der Waals surface area contributed by atoms with Gasteiger partial charge >= 0.3 is 0 Å². The number of hydrogen-bond donors (Lipinski definition) is 1. The Kier molecular flexibility index (Phi) is 4.93. The van der Waals surface area contributed by atoms with Gasteiger partial charge in [-0.3, -0.25) is 9.69 Å². The van der Waals surface area contributed by atoms with Gasteiger partial charge in [-0.1, -0.05) is 19.1 Å². The summed E-state index contributed by atoms with van der Waals surface area (Å²) in [7, 11) is 0. The second-order valence-corrected chi connectivity index (χ2v) is 4.86. The van der Waals surface area contributed by atoms with Crippen molar-refractivity contribution < 1.29 is 9.53 Å². The summed E-state index contributed by atoms with van der Waals surface area (Å²) in [5.41, 5.74) is 2.14. The molecule has 1 aliphatic rings. The van der Waals surface area contributed by atoms with Crippen LogP contribution in [0.15, 0.2) is 24.3 Å². The molecular weight excluding hydrogens is 240 g/mol. The fourth-order valence-corrected chi connectivity index (χ4v) is 2.20. The van der Waals surface area contributed by atoms with Crippen LogP contribution in [0.4, 0.5) is 5.69 Å². The molecule has 1 aromatic carbocycles. The van der Waals surface area contributed by atoms with Crippen molar-refractivity contribution in [2.45, 2.75) is 26.3 Å². The van der Waals surface area contributed by atoms with Crippen molar-refractivity contribution >= 4 is 11.6 Å². The van der Waals surface area contributed by atoms with E-state index in [0.717, 1.165) is 25.2 Å². The summed E-state index contributed by atoms with van der Waals surface area (Å²) in [5, 5.41) is 2.97. The molecule has 0 radical (unpaired) electrons. The van der Waals surface area contributed by atoms with E-state index in [1.165, 1.54) is 5.56 Å². The first-order chi connectivity index (χ1) is 9.20. The normalized spacial score (nSPS) is 18.0. The Morgan fingerprint density at radius 3 is 2.53 bits per heavy atom. The van der Waals surface area contributed by atoms with Gasteiger partial charge in [-0.15, -0.1) is 0 Å². The number of anilines is 1. The van der Waals surface area contributed by atoms with Crippen LogP contribution in [0.1, 0.15) is 19.4 Å². The van der Waals surface area contributed by atoms with Gasteiger partial charge in [-0.25, -0.2) is 0 Å².